The second kappa shape index (κ2) is 13.0. The van der Waals surface area contributed by atoms with Crippen molar-refractivity contribution in [2.75, 3.05) is 12.1 Å². The van der Waals surface area contributed by atoms with Crippen LogP contribution in [0.15, 0.2) is 51.8 Å². The zero-order valence-electron chi connectivity index (χ0n) is 26.4. The van der Waals surface area contributed by atoms with Crippen LogP contribution in [0.1, 0.15) is 80.2 Å². The molecular weight excluding hydrogens is 594 g/mol. The highest BCUT2D eigenvalue weighted by molar-refractivity contribution is 5.96. The maximum Gasteiger partial charge on any atom is 0.340 e. The van der Waals surface area contributed by atoms with Crippen LogP contribution in [-0.2, 0) is 21.5 Å². The summed E-state index contributed by atoms with van der Waals surface area (Å²) in [5, 5.41) is 24.5. The van der Waals surface area contributed by atoms with E-state index in [0.717, 1.165) is 12.8 Å². The van der Waals surface area contributed by atoms with Gasteiger partial charge < -0.3 is 29.6 Å². The van der Waals surface area contributed by atoms with Crippen molar-refractivity contribution in [1.82, 2.24) is 20.3 Å². The Morgan fingerprint density at radius 3 is 2.59 bits per heavy atom. The number of carbonyl (C=O) groups excluding carboxylic acids is 2. The number of carbonyl (C=O) groups is 3. The van der Waals surface area contributed by atoms with Crippen molar-refractivity contribution in [1.29, 1.82) is 0 Å². The van der Waals surface area contributed by atoms with E-state index in [9.17, 15) is 19.2 Å². The summed E-state index contributed by atoms with van der Waals surface area (Å²) in [4.78, 5) is 50.7. The lowest BCUT2D eigenvalue weighted by Gasteiger charge is -2.33. The Morgan fingerprint density at radius 1 is 1.11 bits per heavy atom. The average Bonchev–Trinajstić information content (AvgIpc) is 3.69. The zero-order valence-corrected chi connectivity index (χ0v) is 26.4. The van der Waals surface area contributed by atoms with Crippen molar-refractivity contribution in [3.05, 3.63) is 75.4 Å². The molecule has 0 saturated heterocycles. The number of hydrogen-bond donors (Lipinski definition) is 3. The molecule has 5 rings (SSSR count). The van der Waals surface area contributed by atoms with Crippen LogP contribution in [-0.4, -0.2) is 44.7 Å². The maximum atomic E-state index is 13.7. The van der Waals surface area contributed by atoms with Crippen LogP contribution in [0, 0.1) is 12.8 Å². The minimum Gasteiger partial charge on any atom is -0.481 e. The van der Waals surface area contributed by atoms with Crippen LogP contribution in [0.2, 0.25) is 0 Å². The number of aryl methyl sites for hydroxylation is 1. The Labute approximate surface area is 264 Å². The molecule has 0 unspecified atom stereocenters. The molecule has 2 amide bonds. The monoisotopic (exact) mass is 631 g/mol. The summed E-state index contributed by atoms with van der Waals surface area (Å²) in [6.45, 7) is 9.59. The van der Waals surface area contributed by atoms with E-state index in [4.69, 9.17) is 19.0 Å². The maximum absolute atomic E-state index is 13.7. The highest BCUT2D eigenvalue weighted by Gasteiger charge is 2.37. The molecule has 2 aromatic heterocycles. The molecule has 1 aliphatic heterocycles. The van der Waals surface area contributed by atoms with Crippen molar-refractivity contribution in [3.63, 3.8) is 0 Å². The van der Waals surface area contributed by atoms with Gasteiger partial charge in [-0.05, 0) is 62.1 Å². The standard InChI is InChI=1S/C33H37N5O8/c1-6-7-8-24(31(42)34-21-10-11-22-19(4)23(15-29(39)40)32(43)46-26(22)14-21)38-16-28(36-37-38)33(5,18(2)3)35-30(41)20-9-12-25-27(13-20)45-17-44-25/h9-14,16,18,24H,6-8,15,17H2,1-5H3,(H,34,42)(H,35,41)(H,39,40)/t24-,33-/m0/s1. The van der Waals surface area contributed by atoms with Gasteiger partial charge >= 0.3 is 11.6 Å². The Balaban J connectivity index is 1.38. The molecule has 0 spiro atoms. The fourth-order valence-electron chi connectivity index (χ4n) is 5.35. The summed E-state index contributed by atoms with van der Waals surface area (Å²) in [5.41, 5.74) is 0.467. The molecule has 13 heteroatoms. The normalized spacial score (nSPS) is 14.2. The lowest BCUT2D eigenvalue weighted by atomic mass is 9.85. The van der Waals surface area contributed by atoms with Crippen molar-refractivity contribution >= 4 is 34.4 Å². The Morgan fingerprint density at radius 2 is 1.87 bits per heavy atom. The predicted octanol–water partition coefficient (Wildman–Crippen LogP) is 4.72. The summed E-state index contributed by atoms with van der Waals surface area (Å²) < 4.78 is 17.7. The number of aliphatic carboxylic acids is 1. The van der Waals surface area contributed by atoms with E-state index >= 15 is 0 Å². The van der Waals surface area contributed by atoms with Crippen molar-refractivity contribution < 1.29 is 33.4 Å². The molecule has 13 nitrogen and oxygen atoms in total. The third kappa shape index (κ3) is 6.44. The minimum atomic E-state index is -1.13. The third-order valence-corrected chi connectivity index (χ3v) is 8.54. The molecule has 1 aliphatic rings. The minimum absolute atomic E-state index is 0.0823. The molecule has 2 atom stereocenters. The predicted molar refractivity (Wildman–Crippen MR) is 168 cm³/mol. The first-order valence-electron chi connectivity index (χ1n) is 15.1. The highest BCUT2D eigenvalue weighted by Crippen LogP contribution is 2.34. The van der Waals surface area contributed by atoms with Crippen molar-refractivity contribution in [3.8, 4) is 11.5 Å². The molecule has 2 aromatic carbocycles. The van der Waals surface area contributed by atoms with Crippen molar-refractivity contribution in [2.45, 2.75) is 71.9 Å². The lowest BCUT2D eigenvalue weighted by Crippen LogP contribution is -2.47. The number of unbranched alkanes of at least 4 members (excludes halogenated alkanes) is 1. The molecule has 0 aliphatic carbocycles. The largest absolute Gasteiger partial charge is 0.481 e. The molecule has 3 N–H and O–H groups in total. The van der Waals surface area contributed by atoms with E-state index in [-0.39, 0.29) is 35.7 Å². The smallest absolute Gasteiger partial charge is 0.340 e. The molecule has 0 fully saturated rings. The number of carboxylic acids is 1. The van der Waals surface area contributed by atoms with Crippen LogP contribution in [0.5, 0.6) is 11.5 Å². The number of rotatable bonds is 12. The second-order valence-electron chi connectivity index (χ2n) is 11.9. The van der Waals surface area contributed by atoms with Crippen LogP contribution in [0.25, 0.3) is 11.0 Å². The zero-order chi connectivity index (χ0) is 33.2. The number of aromatic nitrogens is 3. The van der Waals surface area contributed by atoms with Crippen LogP contribution >= 0.6 is 0 Å². The van der Waals surface area contributed by atoms with Gasteiger partial charge in [-0.3, -0.25) is 14.4 Å². The van der Waals surface area contributed by atoms with Gasteiger partial charge in [-0.2, -0.15) is 0 Å². The van der Waals surface area contributed by atoms with Gasteiger partial charge in [0.15, 0.2) is 11.5 Å². The first-order chi connectivity index (χ1) is 21.9. The van der Waals surface area contributed by atoms with E-state index in [1.165, 1.54) is 10.7 Å². The number of ether oxygens (including phenoxy) is 2. The second-order valence-corrected chi connectivity index (χ2v) is 11.9. The summed E-state index contributed by atoms with van der Waals surface area (Å²) in [6, 6.07) is 9.16. The van der Waals surface area contributed by atoms with Crippen LogP contribution in [0.4, 0.5) is 5.69 Å². The van der Waals surface area contributed by atoms with Gasteiger partial charge in [0.2, 0.25) is 12.7 Å². The van der Waals surface area contributed by atoms with Gasteiger partial charge in [-0.1, -0.05) is 38.8 Å². The molecule has 0 saturated carbocycles. The number of hydrogen-bond acceptors (Lipinski definition) is 9. The van der Waals surface area contributed by atoms with Gasteiger partial charge in [0.05, 0.1) is 23.7 Å². The van der Waals surface area contributed by atoms with Gasteiger partial charge in [-0.25, -0.2) is 9.48 Å². The summed E-state index contributed by atoms with van der Waals surface area (Å²) >= 11 is 0. The topological polar surface area (TPSA) is 175 Å². The first-order valence-corrected chi connectivity index (χ1v) is 15.1. The number of amides is 2. The molecule has 242 valence electrons. The average molecular weight is 632 g/mol. The number of carboxylic acid groups (broad SMARTS) is 1. The van der Waals surface area contributed by atoms with Gasteiger partial charge in [-0.15, -0.1) is 5.10 Å². The molecule has 46 heavy (non-hydrogen) atoms. The van der Waals surface area contributed by atoms with Gasteiger partial charge in [0.1, 0.15) is 17.3 Å². The molecule has 3 heterocycles. The Kier molecular flexibility index (Phi) is 9.12. The molecule has 4 aromatic rings. The first kappa shape index (κ1) is 32.2. The summed E-state index contributed by atoms with van der Waals surface area (Å²) in [6.07, 6.45) is 3.31. The summed E-state index contributed by atoms with van der Waals surface area (Å²) in [7, 11) is 0. The van der Waals surface area contributed by atoms with Crippen LogP contribution < -0.4 is 25.7 Å². The number of nitrogens with zero attached hydrogens (tertiary/aromatic N) is 3. The number of benzene rings is 2. The third-order valence-electron chi connectivity index (χ3n) is 8.54. The van der Waals surface area contributed by atoms with E-state index in [2.05, 4.69) is 20.9 Å². The SMILES string of the molecule is CCCC[C@@H](C(=O)Nc1ccc2c(C)c(CC(=O)O)c(=O)oc2c1)n1cc([C@@](C)(NC(=O)c2ccc3c(c2)OCO3)C(C)C)nn1. The molecule has 0 bridgehead atoms. The van der Waals surface area contributed by atoms with Gasteiger partial charge in [0, 0.05) is 22.7 Å². The van der Waals surface area contributed by atoms with E-state index in [1.54, 1.807) is 43.5 Å². The fourth-order valence-corrected chi connectivity index (χ4v) is 5.35. The quantitative estimate of drug-likeness (QED) is 0.186. The summed E-state index contributed by atoms with van der Waals surface area (Å²) in [5.74, 6) is -0.810. The van der Waals surface area contributed by atoms with E-state index < -0.39 is 29.6 Å². The Bertz CT molecular complexity index is 1860. The van der Waals surface area contributed by atoms with E-state index in [1.807, 2.05) is 27.7 Å². The highest BCUT2D eigenvalue weighted by atomic mass is 16.7. The Hall–Kier alpha value is -5.20. The number of anilines is 1. The molecule has 0 radical (unpaired) electrons. The van der Waals surface area contributed by atoms with Gasteiger partial charge in [0.25, 0.3) is 5.91 Å². The molecular formula is C33H37N5O8. The fraction of sp³-hybridized carbons (Fsp3) is 0.394. The lowest BCUT2D eigenvalue weighted by molar-refractivity contribution is -0.136. The number of nitrogens with one attached hydrogen (secondary N) is 2. The van der Waals surface area contributed by atoms with Crippen LogP contribution in [0.3, 0.4) is 0 Å². The number of fused-ring (bicyclic) bond motifs is 2. The van der Waals surface area contributed by atoms with Crippen molar-refractivity contribution in [2.24, 2.45) is 5.92 Å². The van der Waals surface area contributed by atoms with E-state index in [0.29, 0.717) is 45.8 Å².